The van der Waals surface area contributed by atoms with Gasteiger partial charge in [0.05, 0.1) is 13.7 Å². The van der Waals surface area contributed by atoms with Crippen LogP contribution in [-0.2, 0) is 4.79 Å². The van der Waals surface area contributed by atoms with Gasteiger partial charge in [0, 0.05) is 63.7 Å². The van der Waals surface area contributed by atoms with Crippen molar-refractivity contribution in [3.8, 4) is 5.75 Å². The summed E-state index contributed by atoms with van der Waals surface area (Å²) in [6, 6.07) is 14.8. The van der Waals surface area contributed by atoms with Gasteiger partial charge in [-0.25, -0.2) is 4.39 Å². The van der Waals surface area contributed by atoms with Gasteiger partial charge >= 0.3 is 0 Å². The van der Waals surface area contributed by atoms with Gasteiger partial charge in [-0.15, -0.1) is 0 Å². The molecule has 31 heavy (non-hydrogen) atoms. The van der Waals surface area contributed by atoms with Gasteiger partial charge in [0.2, 0.25) is 5.91 Å². The average molecular weight is 427 g/mol. The molecule has 2 fully saturated rings. The van der Waals surface area contributed by atoms with E-state index in [1.54, 1.807) is 7.11 Å². The van der Waals surface area contributed by atoms with E-state index in [-0.39, 0.29) is 11.7 Å². The molecule has 0 bridgehead atoms. The third-order valence-electron chi connectivity index (χ3n) is 6.21. The number of anilines is 2. The van der Waals surface area contributed by atoms with Gasteiger partial charge in [-0.05, 0) is 55.0 Å². The second-order valence-electron chi connectivity index (χ2n) is 8.16. The first-order chi connectivity index (χ1) is 15.1. The maximum atomic E-state index is 13.2. The molecule has 0 unspecified atom stereocenters. The first-order valence-electron chi connectivity index (χ1n) is 11.0. The van der Waals surface area contributed by atoms with Crippen LogP contribution in [-0.4, -0.2) is 81.7 Å². The van der Waals surface area contributed by atoms with Gasteiger partial charge in [-0.3, -0.25) is 9.69 Å². The minimum atomic E-state index is -0.210. The zero-order valence-corrected chi connectivity index (χ0v) is 18.2. The second-order valence-corrected chi connectivity index (χ2v) is 8.16. The Morgan fingerprint density at radius 2 is 1.39 bits per heavy atom. The molecule has 0 saturated carbocycles. The van der Waals surface area contributed by atoms with Crippen LogP contribution in [0.3, 0.4) is 0 Å². The molecular formula is C24H31FN4O2. The van der Waals surface area contributed by atoms with Crippen molar-refractivity contribution in [2.45, 2.75) is 6.42 Å². The fourth-order valence-electron chi connectivity index (χ4n) is 4.34. The third-order valence-corrected chi connectivity index (χ3v) is 6.21. The molecule has 2 saturated heterocycles. The maximum absolute atomic E-state index is 13.2. The maximum Gasteiger partial charge on any atom is 0.236 e. The van der Waals surface area contributed by atoms with Crippen LogP contribution in [0.2, 0.25) is 0 Å². The molecule has 0 aliphatic carbocycles. The molecule has 2 aliphatic heterocycles. The summed E-state index contributed by atoms with van der Waals surface area (Å²) in [5.74, 6) is 0.857. The van der Waals surface area contributed by atoms with Crippen molar-refractivity contribution in [1.82, 2.24) is 9.80 Å². The van der Waals surface area contributed by atoms with Crippen molar-refractivity contribution >= 4 is 17.3 Å². The highest BCUT2D eigenvalue weighted by atomic mass is 19.1. The number of benzene rings is 2. The molecule has 2 heterocycles. The predicted octanol–water partition coefficient (Wildman–Crippen LogP) is 2.70. The number of hydrogen-bond acceptors (Lipinski definition) is 5. The van der Waals surface area contributed by atoms with Crippen LogP contribution in [0.1, 0.15) is 6.42 Å². The van der Waals surface area contributed by atoms with Crippen molar-refractivity contribution in [3.63, 3.8) is 0 Å². The quantitative estimate of drug-likeness (QED) is 0.735. The Labute approximate surface area is 183 Å². The minimum Gasteiger partial charge on any atom is -0.497 e. The lowest BCUT2D eigenvalue weighted by Crippen LogP contribution is -2.51. The van der Waals surface area contributed by atoms with Crippen LogP contribution >= 0.6 is 0 Å². The number of amides is 1. The highest BCUT2D eigenvalue weighted by Gasteiger charge is 2.24. The number of carbonyl (C=O) groups is 1. The van der Waals surface area contributed by atoms with Gasteiger partial charge in [0.1, 0.15) is 11.6 Å². The molecule has 166 valence electrons. The highest BCUT2D eigenvalue weighted by Crippen LogP contribution is 2.21. The second kappa shape index (κ2) is 10.0. The summed E-state index contributed by atoms with van der Waals surface area (Å²) < 4.78 is 18.4. The highest BCUT2D eigenvalue weighted by molar-refractivity contribution is 5.78. The van der Waals surface area contributed by atoms with Crippen LogP contribution in [0.5, 0.6) is 5.75 Å². The molecular weight excluding hydrogens is 395 g/mol. The fraction of sp³-hybridized carbons (Fsp3) is 0.458. The van der Waals surface area contributed by atoms with Gasteiger partial charge in [-0.2, -0.15) is 0 Å². The lowest BCUT2D eigenvalue weighted by atomic mass is 10.2. The summed E-state index contributed by atoms with van der Waals surface area (Å²) in [5.41, 5.74) is 2.21. The van der Waals surface area contributed by atoms with Gasteiger partial charge in [0.15, 0.2) is 0 Å². The Hall–Kier alpha value is -2.80. The van der Waals surface area contributed by atoms with Crippen molar-refractivity contribution < 1.29 is 13.9 Å². The Kier molecular flexibility index (Phi) is 6.92. The number of hydrogen-bond donors (Lipinski definition) is 0. The molecule has 4 rings (SSSR count). The topological polar surface area (TPSA) is 39.3 Å². The van der Waals surface area contributed by atoms with Crippen molar-refractivity contribution in [1.29, 1.82) is 0 Å². The van der Waals surface area contributed by atoms with Gasteiger partial charge in [0.25, 0.3) is 0 Å². The molecule has 2 aromatic carbocycles. The molecule has 7 heteroatoms. The summed E-state index contributed by atoms with van der Waals surface area (Å²) in [6.45, 7) is 7.19. The van der Waals surface area contributed by atoms with E-state index in [9.17, 15) is 9.18 Å². The van der Waals surface area contributed by atoms with E-state index in [1.165, 1.54) is 17.8 Å². The standard InChI is InChI=1S/C24H31FN4O2/c1-31-23-9-7-22(8-10-23)28-15-17-29(18-16-28)24(30)19-26-11-2-12-27(14-13-26)21-5-3-20(25)4-6-21/h3-10H,2,11-19H2,1H3. The Morgan fingerprint density at radius 3 is 2.03 bits per heavy atom. The fourth-order valence-corrected chi connectivity index (χ4v) is 4.34. The third kappa shape index (κ3) is 5.47. The lowest BCUT2D eigenvalue weighted by Gasteiger charge is -2.37. The zero-order valence-electron chi connectivity index (χ0n) is 18.2. The van der Waals surface area contributed by atoms with Gasteiger partial charge in [-0.1, -0.05) is 0 Å². The molecule has 0 atom stereocenters. The van der Waals surface area contributed by atoms with Crippen LogP contribution in [0, 0.1) is 5.82 Å². The van der Waals surface area contributed by atoms with E-state index >= 15 is 0 Å². The number of methoxy groups -OCH3 is 1. The Morgan fingerprint density at radius 1 is 0.806 bits per heavy atom. The first-order valence-corrected chi connectivity index (χ1v) is 11.0. The molecule has 1 amide bonds. The molecule has 6 nitrogen and oxygen atoms in total. The first kappa shape index (κ1) is 21.4. The Bertz CT molecular complexity index is 851. The molecule has 0 radical (unpaired) electrons. The van der Waals surface area contributed by atoms with E-state index in [0.717, 1.165) is 70.2 Å². The number of halogens is 1. The van der Waals surface area contributed by atoms with E-state index in [0.29, 0.717) is 6.54 Å². The Balaban J connectivity index is 1.24. The van der Waals surface area contributed by atoms with Crippen molar-refractivity contribution in [2.75, 3.05) is 75.8 Å². The van der Waals surface area contributed by atoms with Crippen LogP contribution in [0.15, 0.2) is 48.5 Å². The van der Waals surface area contributed by atoms with Crippen molar-refractivity contribution in [3.05, 3.63) is 54.3 Å². The van der Waals surface area contributed by atoms with E-state index in [1.807, 2.05) is 29.2 Å². The largest absolute Gasteiger partial charge is 0.497 e. The molecule has 0 spiro atoms. The van der Waals surface area contributed by atoms with Crippen LogP contribution in [0.4, 0.5) is 15.8 Å². The lowest BCUT2D eigenvalue weighted by molar-refractivity contribution is -0.132. The minimum absolute atomic E-state index is 0.210. The van der Waals surface area contributed by atoms with E-state index in [2.05, 4.69) is 26.8 Å². The summed E-state index contributed by atoms with van der Waals surface area (Å²) in [6.07, 6.45) is 0.996. The normalized spacial score (nSPS) is 18.1. The van der Waals surface area contributed by atoms with E-state index < -0.39 is 0 Å². The summed E-state index contributed by atoms with van der Waals surface area (Å²) in [7, 11) is 1.67. The summed E-state index contributed by atoms with van der Waals surface area (Å²) in [5, 5.41) is 0. The van der Waals surface area contributed by atoms with Crippen LogP contribution < -0.4 is 14.5 Å². The number of nitrogens with zero attached hydrogens (tertiary/aromatic N) is 4. The number of piperazine rings is 1. The molecule has 2 aromatic rings. The predicted molar refractivity (Wildman–Crippen MR) is 121 cm³/mol. The summed E-state index contributed by atoms with van der Waals surface area (Å²) in [4.78, 5) is 21.7. The molecule has 0 aromatic heterocycles. The zero-order chi connectivity index (χ0) is 21.6. The SMILES string of the molecule is COc1ccc(N2CCN(C(=O)CN3CCCN(c4ccc(F)cc4)CC3)CC2)cc1. The number of carbonyl (C=O) groups excluding carboxylic acids is 1. The summed E-state index contributed by atoms with van der Waals surface area (Å²) >= 11 is 0. The monoisotopic (exact) mass is 426 g/mol. The average Bonchev–Trinajstić information content (AvgIpc) is 3.05. The van der Waals surface area contributed by atoms with E-state index in [4.69, 9.17) is 4.74 Å². The molecule has 0 N–H and O–H groups in total. The van der Waals surface area contributed by atoms with Gasteiger partial charge < -0.3 is 19.4 Å². The number of rotatable bonds is 5. The smallest absolute Gasteiger partial charge is 0.236 e. The van der Waals surface area contributed by atoms with Crippen molar-refractivity contribution in [2.24, 2.45) is 0 Å². The van der Waals surface area contributed by atoms with Crippen LogP contribution in [0.25, 0.3) is 0 Å². The molecule has 2 aliphatic rings. The number of ether oxygens (including phenoxy) is 1.